The Bertz CT molecular complexity index is 1280. The number of pyridine rings is 1. The molecule has 0 saturated carbocycles. The molecular formula is C21H21F3N4O3S. The molecule has 2 aromatic heterocycles. The van der Waals surface area contributed by atoms with Crippen LogP contribution in [0.4, 0.5) is 13.2 Å². The molecule has 170 valence electrons. The van der Waals surface area contributed by atoms with Crippen LogP contribution in [0, 0.1) is 13.8 Å². The monoisotopic (exact) mass is 466 g/mol. The minimum atomic E-state index is -4.80. The number of amides is 1. The molecule has 0 atom stereocenters. The van der Waals surface area contributed by atoms with Gasteiger partial charge in [-0.3, -0.25) is 9.48 Å². The van der Waals surface area contributed by atoms with Crippen molar-refractivity contribution in [3.63, 3.8) is 0 Å². The van der Waals surface area contributed by atoms with Gasteiger partial charge >= 0.3 is 6.18 Å². The Hall–Kier alpha value is -3.21. The lowest BCUT2D eigenvalue weighted by Crippen LogP contribution is -2.31. The van der Waals surface area contributed by atoms with Crippen molar-refractivity contribution in [1.82, 2.24) is 19.5 Å². The van der Waals surface area contributed by atoms with Crippen molar-refractivity contribution in [1.29, 1.82) is 0 Å². The number of sulfonamides is 1. The van der Waals surface area contributed by atoms with Gasteiger partial charge in [-0.15, -0.1) is 0 Å². The normalized spacial score (nSPS) is 12.1. The summed E-state index contributed by atoms with van der Waals surface area (Å²) in [5.74, 6) is -0.790. The number of aromatic nitrogens is 3. The van der Waals surface area contributed by atoms with Gasteiger partial charge in [0.25, 0.3) is 10.0 Å². The lowest BCUT2D eigenvalue weighted by molar-refractivity contribution is -0.141. The SMILES string of the molecule is CCC(=O)NS(=O)(=O)c1c(-c2c(C)c(-c3ccccc3)nn2C)cc(C(F)(F)F)nc1C. The Morgan fingerprint density at radius 2 is 1.78 bits per heavy atom. The van der Waals surface area contributed by atoms with Gasteiger partial charge < -0.3 is 0 Å². The fourth-order valence-corrected chi connectivity index (χ4v) is 4.90. The molecule has 0 spiro atoms. The summed E-state index contributed by atoms with van der Waals surface area (Å²) in [6.45, 7) is 4.27. The highest BCUT2D eigenvalue weighted by Gasteiger charge is 2.37. The van der Waals surface area contributed by atoms with Crippen LogP contribution >= 0.6 is 0 Å². The Kier molecular flexibility index (Phi) is 6.14. The van der Waals surface area contributed by atoms with Gasteiger partial charge in [0.1, 0.15) is 10.6 Å². The van der Waals surface area contributed by atoms with Crippen molar-refractivity contribution in [3.05, 3.63) is 53.3 Å². The molecule has 0 aliphatic rings. The third-order valence-corrected chi connectivity index (χ3v) is 6.41. The van der Waals surface area contributed by atoms with E-state index in [0.29, 0.717) is 17.3 Å². The van der Waals surface area contributed by atoms with Crippen molar-refractivity contribution in [2.75, 3.05) is 0 Å². The average Bonchev–Trinajstić information content (AvgIpc) is 3.00. The van der Waals surface area contributed by atoms with Gasteiger partial charge in [-0.1, -0.05) is 37.3 Å². The molecule has 11 heteroatoms. The molecule has 0 saturated heterocycles. The first-order valence-corrected chi connectivity index (χ1v) is 11.1. The first-order chi connectivity index (χ1) is 14.9. The van der Waals surface area contributed by atoms with E-state index in [2.05, 4.69) is 10.1 Å². The zero-order valence-electron chi connectivity index (χ0n) is 17.8. The number of aryl methyl sites for hydroxylation is 2. The second-order valence-electron chi connectivity index (χ2n) is 7.16. The number of carbonyl (C=O) groups excluding carboxylic acids is 1. The van der Waals surface area contributed by atoms with Crippen molar-refractivity contribution in [2.24, 2.45) is 7.05 Å². The van der Waals surface area contributed by atoms with E-state index in [1.54, 1.807) is 31.2 Å². The highest BCUT2D eigenvalue weighted by atomic mass is 32.2. The van der Waals surface area contributed by atoms with Crippen LogP contribution in [0.15, 0.2) is 41.3 Å². The smallest absolute Gasteiger partial charge is 0.274 e. The topological polar surface area (TPSA) is 94.0 Å². The zero-order chi connectivity index (χ0) is 23.8. The van der Waals surface area contributed by atoms with Crippen molar-refractivity contribution in [3.8, 4) is 22.5 Å². The third-order valence-electron chi connectivity index (χ3n) is 4.86. The fourth-order valence-electron chi connectivity index (χ4n) is 3.47. The highest BCUT2D eigenvalue weighted by molar-refractivity contribution is 7.90. The number of carbonyl (C=O) groups is 1. The van der Waals surface area contributed by atoms with E-state index in [-0.39, 0.29) is 23.4 Å². The number of nitrogens with zero attached hydrogens (tertiary/aromatic N) is 3. The second-order valence-corrected chi connectivity index (χ2v) is 8.78. The number of rotatable bonds is 5. The number of halogens is 3. The standard InChI is InChI=1S/C21H21F3N4O3S/c1-5-17(29)27-32(30,31)20-13(3)25-16(21(22,23)24)11-15(20)19-12(2)18(26-28(19)4)14-9-7-6-8-10-14/h6-11H,5H2,1-4H3,(H,27,29). The number of alkyl halides is 3. The summed E-state index contributed by atoms with van der Waals surface area (Å²) in [7, 11) is -2.99. The Morgan fingerprint density at radius 1 is 1.16 bits per heavy atom. The van der Waals surface area contributed by atoms with E-state index in [4.69, 9.17) is 0 Å². The molecule has 0 unspecified atom stereocenters. The molecule has 32 heavy (non-hydrogen) atoms. The first-order valence-electron chi connectivity index (χ1n) is 9.60. The van der Waals surface area contributed by atoms with Crippen LogP contribution < -0.4 is 4.72 Å². The summed E-state index contributed by atoms with van der Waals surface area (Å²) in [5.41, 5.74) is 0.000858. The molecule has 7 nitrogen and oxygen atoms in total. The predicted molar refractivity (Wildman–Crippen MR) is 112 cm³/mol. The third kappa shape index (κ3) is 4.38. The van der Waals surface area contributed by atoms with E-state index in [1.165, 1.54) is 18.7 Å². The van der Waals surface area contributed by atoms with Crippen molar-refractivity contribution in [2.45, 2.75) is 38.3 Å². The largest absolute Gasteiger partial charge is 0.433 e. The maximum atomic E-state index is 13.5. The minimum absolute atomic E-state index is 0.120. The highest BCUT2D eigenvalue weighted by Crippen LogP contribution is 2.39. The molecule has 3 aromatic rings. The van der Waals surface area contributed by atoms with Gasteiger partial charge in [-0.25, -0.2) is 18.1 Å². The Labute approximate surface area is 183 Å². The lowest BCUT2D eigenvalue weighted by Gasteiger charge is -2.17. The number of hydrogen-bond donors (Lipinski definition) is 1. The number of hydrogen-bond acceptors (Lipinski definition) is 5. The van der Waals surface area contributed by atoms with E-state index < -0.39 is 32.7 Å². The van der Waals surface area contributed by atoms with Crippen LogP contribution in [0.2, 0.25) is 0 Å². The summed E-state index contributed by atoms with van der Waals surface area (Å²) in [6, 6.07) is 9.64. The van der Waals surface area contributed by atoms with E-state index in [1.807, 2.05) is 10.8 Å². The van der Waals surface area contributed by atoms with Crippen LogP contribution in [0.1, 0.15) is 30.3 Å². The molecule has 2 heterocycles. The molecule has 3 rings (SSSR count). The Morgan fingerprint density at radius 3 is 2.34 bits per heavy atom. The second kappa shape index (κ2) is 8.38. The molecule has 0 aliphatic heterocycles. The minimum Gasteiger partial charge on any atom is -0.274 e. The van der Waals surface area contributed by atoms with Gasteiger partial charge in [0.05, 0.1) is 17.1 Å². The van der Waals surface area contributed by atoms with Gasteiger partial charge in [0.2, 0.25) is 5.91 Å². The predicted octanol–water partition coefficient (Wildman–Crippen LogP) is 4.00. The lowest BCUT2D eigenvalue weighted by atomic mass is 10.0. The number of nitrogens with one attached hydrogen (secondary N) is 1. The first kappa shape index (κ1) is 23.5. The fraction of sp³-hybridized carbons (Fsp3) is 0.286. The zero-order valence-corrected chi connectivity index (χ0v) is 18.6. The molecule has 0 radical (unpaired) electrons. The number of benzene rings is 1. The van der Waals surface area contributed by atoms with Crippen LogP contribution in [0.5, 0.6) is 0 Å². The van der Waals surface area contributed by atoms with Gasteiger partial charge in [-0.05, 0) is 19.9 Å². The average molecular weight is 466 g/mol. The van der Waals surface area contributed by atoms with Gasteiger partial charge in [0, 0.05) is 30.2 Å². The van der Waals surface area contributed by atoms with Crippen LogP contribution in [-0.2, 0) is 28.0 Å². The molecular weight excluding hydrogens is 445 g/mol. The molecule has 1 amide bonds. The van der Waals surface area contributed by atoms with E-state index in [0.717, 1.165) is 12.5 Å². The summed E-state index contributed by atoms with van der Waals surface area (Å²) < 4.78 is 69.8. The van der Waals surface area contributed by atoms with Crippen LogP contribution in [-0.4, -0.2) is 29.1 Å². The Balaban J connectivity index is 2.36. The maximum absolute atomic E-state index is 13.5. The van der Waals surface area contributed by atoms with Crippen LogP contribution in [0.3, 0.4) is 0 Å². The van der Waals surface area contributed by atoms with E-state index >= 15 is 0 Å². The maximum Gasteiger partial charge on any atom is 0.433 e. The molecule has 0 aliphatic carbocycles. The molecule has 0 bridgehead atoms. The van der Waals surface area contributed by atoms with Crippen LogP contribution in [0.25, 0.3) is 22.5 Å². The molecule has 1 aromatic carbocycles. The van der Waals surface area contributed by atoms with Crippen molar-refractivity contribution < 1.29 is 26.4 Å². The summed E-state index contributed by atoms with van der Waals surface area (Å²) in [5, 5.41) is 4.41. The summed E-state index contributed by atoms with van der Waals surface area (Å²) in [6.07, 6.45) is -4.92. The summed E-state index contributed by atoms with van der Waals surface area (Å²) >= 11 is 0. The molecule has 0 fully saturated rings. The van der Waals surface area contributed by atoms with E-state index in [9.17, 15) is 26.4 Å². The molecule has 1 N–H and O–H groups in total. The summed E-state index contributed by atoms with van der Waals surface area (Å²) in [4.78, 5) is 14.8. The quantitative estimate of drug-likeness (QED) is 0.614. The van der Waals surface area contributed by atoms with Crippen molar-refractivity contribution >= 4 is 15.9 Å². The van der Waals surface area contributed by atoms with Gasteiger partial charge in [0.15, 0.2) is 0 Å². The van der Waals surface area contributed by atoms with Gasteiger partial charge in [-0.2, -0.15) is 18.3 Å².